The average Bonchev–Trinajstić information content (AvgIpc) is 2.54. The molecule has 0 atom stereocenters. The van der Waals surface area contributed by atoms with Gasteiger partial charge in [-0.1, -0.05) is 42.5 Å². The summed E-state index contributed by atoms with van der Waals surface area (Å²) in [5.41, 5.74) is 2.84. The van der Waals surface area contributed by atoms with E-state index < -0.39 is 0 Å². The van der Waals surface area contributed by atoms with Gasteiger partial charge in [-0.15, -0.1) is 0 Å². The van der Waals surface area contributed by atoms with Gasteiger partial charge in [0, 0.05) is 13.1 Å². The van der Waals surface area contributed by atoms with Crippen molar-refractivity contribution in [2.75, 3.05) is 6.54 Å². The molecule has 0 radical (unpaired) electrons. The van der Waals surface area contributed by atoms with E-state index in [9.17, 15) is 4.39 Å². The summed E-state index contributed by atoms with van der Waals surface area (Å²) in [6.45, 7) is 5.83. The van der Waals surface area contributed by atoms with Gasteiger partial charge in [0.05, 0.1) is 6.54 Å². The molecule has 0 aromatic heterocycles. The third-order valence-corrected chi connectivity index (χ3v) is 3.29. The highest BCUT2D eigenvalue weighted by Crippen LogP contribution is 2.10. The Morgan fingerprint density at radius 1 is 1.05 bits per heavy atom. The van der Waals surface area contributed by atoms with E-state index in [2.05, 4.69) is 27.8 Å². The summed E-state index contributed by atoms with van der Waals surface area (Å²) < 4.78 is 13.3. The largest absolute Gasteiger partial charge is 0.357 e. The molecule has 2 aromatic rings. The predicted molar refractivity (Wildman–Crippen MR) is 89.2 cm³/mol. The molecule has 2 N–H and O–H groups in total. The topological polar surface area (TPSA) is 36.4 Å². The zero-order valence-electron chi connectivity index (χ0n) is 13.1. The molecule has 116 valence electrons. The molecule has 2 aromatic carbocycles. The molecular formula is C18H22FN3. The summed E-state index contributed by atoms with van der Waals surface area (Å²) in [5.74, 6) is 0.579. The number of aryl methyl sites for hydroxylation is 1. The zero-order chi connectivity index (χ0) is 15.8. The van der Waals surface area contributed by atoms with Gasteiger partial charge >= 0.3 is 0 Å². The Kier molecular flexibility index (Phi) is 5.95. The first-order valence-electron chi connectivity index (χ1n) is 7.50. The highest BCUT2D eigenvalue weighted by molar-refractivity contribution is 5.79. The molecule has 3 nitrogen and oxygen atoms in total. The number of nitrogens with one attached hydrogen (secondary N) is 2. The molecule has 4 heteroatoms. The maximum atomic E-state index is 13.3. The number of hydrogen-bond donors (Lipinski definition) is 2. The van der Waals surface area contributed by atoms with Crippen LogP contribution in [-0.2, 0) is 13.1 Å². The fraction of sp³-hybridized carbons (Fsp3) is 0.278. The van der Waals surface area contributed by atoms with Crippen LogP contribution in [-0.4, -0.2) is 12.5 Å². The predicted octanol–water partition coefficient (Wildman–Crippen LogP) is 3.39. The first-order chi connectivity index (χ1) is 10.7. The van der Waals surface area contributed by atoms with Crippen molar-refractivity contribution >= 4 is 5.96 Å². The highest BCUT2D eigenvalue weighted by atomic mass is 19.1. The van der Waals surface area contributed by atoms with Gasteiger partial charge in [0.2, 0.25) is 0 Å². The lowest BCUT2D eigenvalue weighted by atomic mass is 10.1. The van der Waals surface area contributed by atoms with Crippen LogP contribution in [0.3, 0.4) is 0 Å². The second-order valence-electron chi connectivity index (χ2n) is 5.12. The van der Waals surface area contributed by atoms with Crippen molar-refractivity contribution in [2.24, 2.45) is 4.99 Å². The Balaban J connectivity index is 1.98. The van der Waals surface area contributed by atoms with Crippen molar-refractivity contribution in [3.63, 3.8) is 0 Å². The number of nitrogens with zero attached hydrogens (tertiary/aromatic N) is 1. The van der Waals surface area contributed by atoms with Gasteiger partial charge in [0.1, 0.15) is 5.82 Å². The first kappa shape index (κ1) is 16.0. The highest BCUT2D eigenvalue weighted by Gasteiger charge is 2.01. The van der Waals surface area contributed by atoms with Crippen molar-refractivity contribution in [3.05, 3.63) is 71.0 Å². The molecule has 22 heavy (non-hydrogen) atoms. The molecule has 0 unspecified atom stereocenters. The van der Waals surface area contributed by atoms with Crippen LogP contribution in [0.2, 0.25) is 0 Å². The molecule has 0 saturated carbocycles. The second-order valence-corrected chi connectivity index (χ2v) is 5.12. The number of benzene rings is 2. The van der Waals surface area contributed by atoms with Gasteiger partial charge in [0.15, 0.2) is 5.96 Å². The minimum atomic E-state index is -0.179. The fourth-order valence-corrected chi connectivity index (χ4v) is 2.10. The average molecular weight is 299 g/mol. The van der Waals surface area contributed by atoms with Crippen molar-refractivity contribution in [3.8, 4) is 0 Å². The van der Waals surface area contributed by atoms with Gasteiger partial charge in [0.25, 0.3) is 0 Å². The van der Waals surface area contributed by atoms with Crippen molar-refractivity contribution in [2.45, 2.75) is 26.9 Å². The summed E-state index contributed by atoms with van der Waals surface area (Å²) in [6.07, 6.45) is 0. The van der Waals surface area contributed by atoms with Crippen molar-refractivity contribution in [1.29, 1.82) is 0 Å². The van der Waals surface area contributed by atoms with Crippen molar-refractivity contribution < 1.29 is 4.39 Å². The molecule has 0 saturated heterocycles. The maximum Gasteiger partial charge on any atom is 0.191 e. The first-order valence-corrected chi connectivity index (χ1v) is 7.50. The summed E-state index contributed by atoms with van der Waals surface area (Å²) in [5, 5.41) is 6.51. The number of aliphatic imine (C=N–C) groups is 1. The van der Waals surface area contributed by atoms with E-state index in [1.54, 1.807) is 13.0 Å². The van der Waals surface area contributed by atoms with Gasteiger partial charge < -0.3 is 10.6 Å². The summed E-state index contributed by atoms with van der Waals surface area (Å²) >= 11 is 0. The van der Waals surface area contributed by atoms with E-state index in [0.29, 0.717) is 12.1 Å². The van der Waals surface area contributed by atoms with Crippen LogP contribution in [0.4, 0.5) is 4.39 Å². The summed E-state index contributed by atoms with van der Waals surface area (Å²) in [7, 11) is 0. The molecule has 2 rings (SSSR count). The summed E-state index contributed by atoms with van der Waals surface area (Å²) in [4.78, 5) is 4.54. The molecule has 0 aliphatic carbocycles. The SMILES string of the molecule is CCNC(=NCc1ccc(F)c(C)c1)NCc1ccccc1. The quantitative estimate of drug-likeness (QED) is 0.656. The number of hydrogen-bond acceptors (Lipinski definition) is 1. The molecule has 0 fully saturated rings. The molecule has 0 bridgehead atoms. The van der Waals surface area contributed by atoms with Crippen LogP contribution in [0.5, 0.6) is 0 Å². The lowest BCUT2D eigenvalue weighted by molar-refractivity contribution is 0.617. The smallest absolute Gasteiger partial charge is 0.191 e. The normalized spacial score (nSPS) is 11.3. The van der Waals surface area contributed by atoms with Crippen LogP contribution in [0, 0.1) is 12.7 Å². The Bertz CT molecular complexity index is 623. The van der Waals surface area contributed by atoms with E-state index in [1.165, 1.54) is 11.6 Å². The standard InChI is InChI=1S/C18H22FN3/c1-3-20-18(21-12-15-7-5-4-6-8-15)22-13-16-9-10-17(19)14(2)11-16/h4-11H,3,12-13H2,1-2H3,(H2,20,21,22). The van der Waals surface area contributed by atoms with Crippen molar-refractivity contribution in [1.82, 2.24) is 10.6 Å². The van der Waals surface area contributed by atoms with Crippen LogP contribution >= 0.6 is 0 Å². The molecule has 0 heterocycles. The number of guanidine groups is 1. The van der Waals surface area contributed by atoms with Crippen LogP contribution in [0.15, 0.2) is 53.5 Å². The van der Waals surface area contributed by atoms with E-state index in [-0.39, 0.29) is 5.82 Å². The van der Waals surface area contributed by atoms with E-state index >= 15 is 0 Å². The summed E-state index contributed by atoms with van der Waals surface area (Å²) in [6, 6.07) is 15.3. The van der Waals surface area contributed by atoms with Crippen LogP contribution in [0.25, 0.3) is 0 Å². The molecule has 0 spiro atoms. The van der Waals surface area contributed by atoms with E-state index in [1.807, 2.05) is 31.2 Å². The van der Waals surface area contributed by atoms with Crippen LogP contribution in [0.1, 0.15) is 23.6 Å². The minimum Gasteiger partial charge on any atom is -0.357 e. The molecule has 0 amide bonds. The number of rotatable bonds is 5. The van der Waals surface area contributed by atoms with E-state index in [0.717, 1.165) is 24.6 Å². The molecule has 0 aliphatic rings. The lowest BCUT2D eigenvalue weighted by Crippen LogP contribution is -2.36. The lowest BCUT2D eigenvalue weighted by Gasteiger charge is -2.11. The number of halogens is 1. The zero-order valence-corrected chi connectivity index (χ0v) is 13.1. The van der Waals surface area contributed by atoms with Gasteiger partial charge in [-0.05, 0) is 36.6 Å². The second kappa shape index (κ2) is 8.17. The Labute approximate surface area is 131 Å². The third kappa shape index (κ3) is 4.88. The minimum absolute atomic E-state index is 0.179. The van der Waals surface area contributed by atoms with Gasteiger partial charge in [-0.3, -0.25) is 0 Å². The van der Waals surface area contributed by atoms with E-state index in [4.69, 9.17) is 0 Å². The van der Waals surface area contributed by atoms with Gasteiger partial charge in [-0.25, -0.2) is 9.38 Å². The third-order valence-electron chi connectivity index (χ3n) is 3.29. The van der Waals surface area contributed by atoms with Gasteiger partial charge in [-0.2, -0.15) is 0 Å². The Morgan fingerprint density at radius 2 is 1.82 bits per heavy atom. The molecule has 0 aliphatic heterocycles. The monoisotopic (exact) mass is 299 g/mol. The fourth-order valence-electron chi connectivity index (χ4n) is 2.10. The van der Waals surface area contributed by atoms with Crippen LogP contribution < -0.4 is 10.6 Å². The molecular weight excluding hydrogens is 277 g/mol. The maximum absolute atomic E-state index is 13.3. The Hall–Kier alpha value is -2.36. The Morgan fingerprint density at radius 3 is 2.50 bits per heavy atom.